The maximum absolute atomic E-state index is 8.59. The van der Waals surface area contributed by atoms with E-state index in [0.29, 0.717) is 0 Å². The quantitative estimate of drug-likeness (QED) is 0.293. The first-order valence-electron chi connectivity index (χ1n) is 0.565. The summed E-state index contributed by atoms with van der Waals surface area (Å²) < 4.78 is 8.59. The van der Waals surface area contributed by atoms with Crippen molar-refractivity contribution in [1.29, 1.82) is 0 Å². The molecule has 0 fully saturated rings. The van der Waals surface area contributed by atoms with Gasteiger partial charge in [0.05, 0.1) is 0 Å². The fraction of sp³-hybridized carbons (Fsp3) is 0. The molecule has 2 atom stereocenters. The number of hydrogen-bond acceptors (Lipinski definition) is 2. The minimum absolute atomic E-state index is 0. The van der Waals surface area contributed by atoms with Crippen LogP contribution in [0.5, 0.6) is 0 Å². The SMILES string of the molecule is O.O=[P+]([O-])O.P.[K+]. The molecule has 3 N–H and O–H groups in total. The molecule has 0 radical (unpaired) electrons. The van der Waals surface area contributed by atoms with Crippen LogP contribution in [-0.4, -0.2) is 10.4 Å². The molecular formula is H6KO4P2+. The Hall–Kier alpha value is 2.05. The Labute approximate surface area is 88.0 Å². The average molecular weight is 171 g/mol. The van der Waals surface area contributed by atoms with Gasteiger partial charge in [-0.25, -0.2) is 0 Å². The second-order valence-corrected chi connectivity index (χ2v) is 0.714. The van der Waals surface area contributed by atoms with E-state index < -0.39 is 8.25 Å². The molecule has 0 amide bonds. The molecule has 0 saturated heterocycles. The van der Waals surface area contributed by atoms with Crippen LogP contribution in [-0.2, 0) is 4.57 Å². The summed E-state index contributed by atoms with van der Waals surface area (Å²) in [6, 6.07) is 0. The molecule has 0 aliphatic rings. The third-order valence-electron chi connectivity index (χ3n) is 0. The van der Waals surface area contributed by atoms with E-state index in [1.807, 2.05) is 0 Å². The van der Waals surface area contributed by atoms with E-state index in [9.17, 15) is 0 Å². The van der Waals surface area contributed by atoms with Crippen molar-refractivity contribution in [2.24, 2.45) is 0 Å². The van der Waals surface area contributed by atoms with Crippen LogP contribution in [0.3, 0.4) is 0 Å². The van der Waals surface area contributed by atoms with Crippen molar-refractivity contribution in [3.63, 3.8) is 0 Å². The summed E-state index contributed by atoms with van der Waals surface area (Å²) >= 11 is 0. The van der Waals surface area contributed by atoms with Crippen molar-refractivity contribution < 1.29 is 71.2 Å². The van der Waals surface area contributed by atoms with E-state index in [4.69, 9.17) is 14.4 Å². The van der Waals surface area contributed by atoms with Crippen LogP contribution < -0.4 is 56.3 Å². The molecule has 0 bridgehead atoms. The standard InChI is InChI=1S/K.HO3P.H2O.H3P/c;1-4(2)3;;/h;(H,1,2,3);1H2;1H3/q+1;;;. The Kier molecular flexibility index (Phi) is 51.5. The normalized spacial score (nSPS) is 6.29. The monoisotopic (exact) mass is 171 g/mol. The van der Waals surface area contributed by atoms with E-state index in [0.717, 1.165) is 0 Å². The maximum atomic E-state index is 8.59. The molecule has 0 rings (SSSR count). The van der Waals surface area contributed by atoms with Gasteiger partial charge in [-0.15, -0.1) is 0 Å². The van der Waals surface area contributed by atoms with E-state index in [1.54, 1.807) is 0 Å². The van der Waals surface area contributed by atoms with Gasteiger partial charge in [-0.1, -0.05) is 0 Å². The van der Waals surface area contributed by atoms with Crippen molar-refractivity contribution >= 4 is 18.2 Å². The van der Waals surface area contributed by atoms with Gasteiger partial charge < -0.3 is 10.4 Å². The van der Waals surface area contributed by atoms with Gasteiger partial charge in [0.2, 0.25) is 0 Å². The zero-order valence-electron chi connectivity index (χ0n) is 3.92. The van der Waals surface area contributed by atoms with Crippen molar-refractivity contribution in [3.8, 4) is 0 Å². The van der Waals surface area contributed by atoms with Crippen molar-refractivity contribution in [2.45, 2.75) is 0 Å². The van der Waals surface area contributed by atoms with Gasteiger partial charge in [0.1, 0.15) is 0 Å². The van der Waals surface area contributed by atoms with Gasteiger partial charge in [0, 0.05) is 0 Å². The first-order chi connectivity index (χ1) is 1.73. The summed E-state index contributed by atoms with van der Waals surface area (Å²) in [5.74, 6) is 0. The molecule has 4 nitrogen and oxygen atoms in total. The van der Waals surface area contributed by atoms with Crippen LogP contribution in [0.2, 0.25) is 0 Å². The molecule has 0 aromatic rings. The first kappa shape index (κ1) is 23.0. The molecule has 0 spiro atoms. The fourth-order valence-electron chi connectivity index (χ4n) is 0. The van der Waals surface area contributed by atoms with Crippen LogP contribution in [0.1, 0.15) is 0 Å². The van der Waals surface area contributed by atoms with Crippen LogP contribution in [0.25, 0.3) is 0 Å². The predicted molar refractivity (Wildman–Crippen MR) is 24.5 cm³/mol. The second-order valence-electron chi connectivity index (χ2n) is 0.238. The largest absolute Gasteiger partial charge is 1.00 e. The third kappa shape index (κ3) is 70.2. The van der Waals surface area contributed by atoms with E-state index in [-0.39, 0.29) is 66.8 Å². The Balaban J connectivity index is -0.0000000150. The molecule has 0 aromatic carbocycles. The first-order valence-corrected chi connectivity index (χ1v) is 1.70. The van der Waals surface area contributed by atoms with Gasteiger partial charge in [-0.05, 0) is 4.57 Å². The molecule has 7 heteroatoms. The Bertz CT molecular complexity index is 32.7. The van der Waals surface area contributed by atoms with Crippen LogP contribution in [0, 0.1) is 0 Å². The maximum Gasteiger partial charge on any atom is 1.00 e. The summed E-state index contributed by atoms with van der Waals surface area (Å²) in [5.41, 5.74) is 0. The zero-order chi connectivity index (χ0) is 3.58. The molecule has 2 unspecified atom stereocenters. The minimum Gasteiger partial charge on any atom is -0.567 e. The fourth-order valence-corrected chi connectivity index (χ4v) is 0. The second kappa shape index (κ2) is 15.7. The van der Waals surface area contributed by atoms with Gasteiger partial charge in [-0.2, -0.15) is 14.8 Å². The van der Waals surface area contributed by atoms with Crippen LogP contribution in [0.4, 0.5) is 0 Å². The Morgan fingerprint density at radius 1 is 1.57 bits per heavy atom. The smallest absolute Gasteiger partial charge is 0.567 e. The van der Waals surface area contributed by atoms with Gasteiger partial charge in [0.25, 0.3) is 0 Å². The Morgan fingerprint density at radius 2 is 1.57 bits per heavy atom. The summed E-state index contributed by atoms with van der Waals surface area (Å²) in [7, 11) is -3.12. The van der Waals surface area contributed by atoms with E-state index in [1.165, 1.54) is 0 Å². The molecule has 7 heavy (non-hydrogen) atoms. The summed E-state index contributed by atoms with van der Waals surface area (Å²) in [6.45, 7) is 0. The molecule has 0 heterocycles. The average Bonchev–Trinajstić information content (AvgIpc) is 0.811. The third-order valence-corrected chi connectivity index (χ3v) is 0. The Morgan fingerprint density at radius 3 is 1.57 bits per heavy atom. The topological polar surface area (TPSA) is 91.9 Å². The van der Waals surface area contributed by atoms with Crippen molar-refractivity contribution in [3.05, 3.63) is 0 Å². The van der Waals surface area contributed by atoms with E-state index >= 15 is 0 Å². The molecule has 40 valence electrons. The number of rotatable bonds is 0. The van der Waals surface area contributed by atoms with Gasteiger partial charge in [0.15, 0.2) is 0 Å². The van der Waals surface area contributed by atoms with Crippen LogP contribution in [0.15, 0.2) is 0 Å². The predicted octanol–water partition coefficient (Wildman–Crippen LogP) is -4.77. The summed E-state index contributed by atoms with van der Waals surface area (Å²) in [5, 5.41) is 0. The van der Waals surface area contributed by atoms with Crippen LogP contribution >= 0.6 is 18.2 Å². The number of hydrogen-bond donors (Lipinski definition) is 1. The van der Waals surface area contributed by atoms with Gasteiger partial charge in [-0.3, -0.25) is 0 Å². The molecule has 0 aliphatic carbocycles. The zero-order valence-corrected chi connectivity index (χ0v) is 9.35. The minimum atomic E-state index is -3.12. The van der Waals surface area contributed by atoms with Crippen molar-refractivity contribution in [1.82, 2.24) is 0 Å². The molecule has 0 aromatic heterocycles. The van der Waals surface area contributed by atoms with E-state index in [2.05, 4.69) is 0 Å². The van der Waals surface area contributed by atoms with Crippen molar-refractivity contribution in [2.75, 3.05) is 0 Å². The molecular weight excluding hydrogens is 165 g/mol. The molecule has 0 aliphatic heterocycles. The summed E-state index contributed by atoms with van der Waals surface area (Å²) in [4.78, 5) is 15.6. The van der Waals surface area contributed by atoms with Gasteiger partial charge >= 0.3 is 59.6 Å². The molecule has 0 saturated carbocycles. The summed E-state index contributed by atoms with van der Waals surface area (Å²) in [6.07, 6.45) is 0.